The van der Waals surface area contributed by atoms with E-state index in [0.29, 0.717) is 0 Å². The van der Waals surface area contributed by atoms with Crippen molar-refractivity contribution in [3.05, 3.63) is 0 Å². The zero-order valence-corrected chi connectivity index (χ0v) is 7.92. The number of alkyl halides is 3. The summed E-state index contributed by atoms with van der Waals surface area (Å²) in [5.74, 6) is -3.99. The second-order valence-corrected chi connectivity index (χ2v) is 3.43. The van der Waals surface area contributed by atoms with E-state index >= 15 is 0 Å². The second-order valence-electron chi connectivity index (χ2n) is 3.43. The van der Waals surface area contributed by atoms with Crippen LogP contribution in [-0.4, -0.2) is 70.9 Å². The third kappa shape index (κ3) is 2.02. The minimum Gasteiger partial charge on any atom is -0.394 e. The predicted molar refractivity (Wildman–Crippen MR) is 45.3 cm³/mol. The number of aliphatic hydroxyl groups is 3. The first-order valence-corrected chi connectivity index (χ1v) is 4.34. The maximum atomic E-state index is 12.1. The maximum Gasteiger partial charge on any atom is 0.471 e. The van der Waals surface area contributed by atoms with Gasteiger partial charge in [0.2, 0.25) is 0 Å². The fourth-order valence-corrected chi connectivity index (χ4v) is 1.61. The molecule has 0 aromatic heterocycles. The van der Waals surface area contributed by atoms with Crippen molar-refractivity contribution in [2.24, 2.45) is 0 Å². The molecule has 0 aliphatic carbocycles. The van der Waals surface area contributed by atoms with Gasteiger partial charge in [0, 0.05) is 5.94 Å². The van der Waals surface area contributed by atoms with Crippen LogP contribution < -0.4 is 0 Å². The molecule has 1 aliphatic rings. The molecule has 0 aromatic rings. The van der Waals surface area contributed by atoms with Crippen LogP contribution >= 0.6 is 0 Å². The summed E-state index contributed by atoms with van der Waals surface area (Å²) in [6.45, 7) is -0.923. The first kappa shape index (κ1) is 13.3. The van der Waals surface area contributed by atoms with Gasteiger partial charge in [-0.25, -0.2) is 0 Å². The van der Waals surface area contributed by atoms with Gasteiger partial charge in [0.15, 0.2) is 0 Å². The number of aliphatic hydroxyl groups excluding tert-OH is 3. The number of hydrogen-bond acceptors (Lipinski definition) is 4. The monoisotopic (exact) mass is 239 g/mol. The standard InChI is InChI=1S/C7H9BF3NO4/c8-5-4(15)3(14)2(1-13)12(5)6(16)7(9,10)11/h2-5,13-15H,1H2/t2-,3-,4-,5-/m1/s1. The summed E-state index contributed by atoms with van der Waals surface area (Å²) in [7, 11) is 5.16. The third-order valence-corrected chi connectivity index (χ3v) is 2.44. The van der Waals surface area contributed by atoms with Gasteiger partial charge in [-0.1, -0.05) is 0 Å². The second kappa shape index (κ2) is 4.23. The molecule has 4 atom stereocenters. The minimum absolute atomic E-state index is 0.0509. The lowest BCUT2D eigenvalue weighted by Crippen LogP contribution is -2.51. The minimum atomic E-state index is -5.17. The van der Waals surface area contributed by atoms with Crippen LogP contribution in [0.2, 0.25) is 0 Å². The van der Waals surface area contributed by atoms with Gasteiger partial charge in [0.05, 0.1) is 18.8 Å². The van der Waals surface area contributed by atoms with E-state index in [4.69, 9.17) is 13.0 Å². The Morgan fingerprint density at radius 3 is 2.19 bits per heavy atom. The Kier molecular flexibility index (Phi) is 3.51. The molecule has 1 fully saturated rings. The summed E-state index contributed by atoms with van der Waals surface area (Å²) in [5.41, 5.74) is 0. The van der Waals surface area contributed by atoms with Crippen LogP contribution in [-0.2, 0) is 4.79 Å². The van der Waals surface area contributed by atoms with Crippen molar-refractivity contribution in [2.75, 3.05) is 6.61 Å². The van der Waals surface area contributed by atoms with E-state index in [1.807, 2.05) is 0 Å². The highest BCUT2D eigenvalue weighted by Crippen LogP contribution is 2.29. The summed E-state index contributed by atoms with van der Waals surface area (Å²) in [4.78, 5) is 11.0. The van der Waals surface area contributed by atoms with E-state index in [1.54, 1.807) is 0 Å². The quantitative estimate of drug-likeness (QED) is 0.461. The van der Waals surface area contributed by atoms with Crippen LogP contribution in [0.3, 0.4) is 0 Å². The molecule has 5 nitrogen and oxygen atoms in total. The van der Waals surface area contributed by atoms with Crippen molar-refractivity contribution < 1.29 is 33.3 Å². The molecule has 0 aromatic carbocycles. The molecule has 0 unspecified atom stereocenters. The zero-order chi connectivity index (χ0) is 12.7. The largest absolute Gasteiger partial charge is 0.471 e. The van der Waals surface area contributed by atoms with Crippen molar-refractivity contribution >= 4 is 13.8 Å². The molecule has 0 bridgehead atoms. The molecule has 2 radical (unpaired) electrons. The molecule has 16 heavy (non-hydrogen) atoms. The van der Waals surface area contributed by atoms with Crippen LogP contribution in [0, 0.1) is 0 Å². The number of carbonyl (C=O) groups is 1. The van der Waals surface area contributed by atoms with Crippen molar-refractivity contribution in [3.8, 4) is 0 Å². The van der Waals surface area contributed by atoms with Crippen molar-refractivity contribution in [1.29, 1.82) is 0 Å². The number of halogens is 3. The van der Waals surface area contributed by atoms with Crippen molar-refractivity contribution in [1.82, 2.24) is 4.90 Å². The fraction of sp³-hybridized carbons (Fsp3) is 0.857. The third-order valence-electron chi connectivity index (χ3n) is 2.44. The molecule has 0 spiro atoms. The van der Waals surface area contributed by atoms with Crippen LogP contribution in [0.5, 0.6) is 0 Å². The molecule has 0 saturated carbocycles. The zero-order valence-electron chi connectivity index (χ0n) is 7.92. The van der Waals surface area contributed by atoms with Crippen LogP contribution in [0.1, 0.15) is 0 Å². The molecule has 1 rings (SSSR count). The number of carbonyl (C=O) groups excluding carboxylic acids is 1. The molecule has 3 N–H and O–H groups in total. The number of amides is 1. The van der Waals surface area contributed by atoms with E-state index in [9.17, 15) is 28.2 Å². The van der Waals surface area contributed by atoms with Gasteiger partial charge < -0.3 is 20.2 Å². The smallest absolute Gasteiger partial charge is 0.394 e. The molecule has 9 heteroatoms. The van der Waals surface area contributed by atoms with E-state index in [2.05, 4.69) is 0 Å². The average Bonchev–Trinajstić information content (AvgIpc) is 2.39. The first-order chi connectivity index (χ1) is 7.21. The average molecular weight is 239 g/mol. The SMILES string of the molecule is [B][C@H]1[C@H](O)[C@H](O)[C@@H](CO)N1C(=O)C(F)(F)F. The summed E-state index contributed by atoms with van der Waals surface area (Å²) >= 11 is 0. The Hall–Kier alpha value is -0.795. The molecule has 1 saturated heterocycles. The Bertz CT molecular complexity index is 287. The lowest BCUT2D eigenvalue weighted by atomic mass is 9.91. The Morgan fingerprint density at radius 1 is 1.31 bits per heavy atom. The Balaban J connectivity index is 2.98. The van der Waals surface area contributed by atoms with E-state index in [0.717, 1.165) is 0 Å². The van der Waals surface area contributed by atoms with Crippen LogP contribution in [0.15, 0.2) is 0 Å². The van der Waals surface area contributed by atoms with E-state index in [1.165, 1.54) is 0 Å². The highest BCUT2D eigenvalue weighted by atomic mass is 19.4. The molecule has 1 heterocycles. The van der Waals surface area contributed by atoms with Gasteiger partial charge >= 0.3 is 12.1 Å². The summed E-state index contributed by atoms with van der Waals surface area (Å²) < 4.78 is 36.4. The van der Waals surface area contributed by atoms with E-state index in [-0.39, 0.29) is 4.90 Å². The molecule has 90 valence electrons. The Labute approximate surface area is 89.9 Å². The molecular formula is C7H9BF3NO4. The van der Waals surface area contributed by atoms with Gasteiger partial charge in [-0.2, -0.15) is 13.2 Å². The lowest BCUT2D eigenvalue weighted by Gasteiger charge is -2.28. The highest BCUT2D eigenvalue weighted by molar-refractivity contribution is 6.14. The summed E-state index contributed by atoms with van der Waals surface area (Å²) in [6, 6.07) is -1.56. The van der Waals surface area contributed by atoms with Gasteiger partial charge in [0.25, 0.3) is 0 Å². The Morgan fingerprint density at radius 2 is 1.81 bits per heavy atom. The van der Waals surface area contributed by atoms with Crippen LogP contribution in [0.25, 0.3) is 0 Å². The topological polar surface area (TPSA) is 81.0 Å². The van der Waals surface area contributed by atoms with E-state index < -0.39 is 42.9 Å². The number of rotatable bonds is 1. The normalized spacial score (nSPS) is 35.5. The number of hydrogen-bond donors (Lipinski definition) is 3. The van der Waals surface area contributed by atoms with Crippen molar-refractivity contribution in [2.45, 2.75) is 30.4 Å². The predicted octanol–water partition coefficient (Wildman–Crippen LogP) is -2.03. The van der Waals surface area contributed by atoms with Gasteiger partial charge in [0.1, 0.15) is 14.0 Å². The summed E-state index contributed by atoms with van der Waals surface area (Å²) in [6.07, 6.45) is -8.59. The highest BCUT2D eigenvalue weighted by Gasteiger charge is 2.53. The van der Waals surface area contributed by atoms with Crippen molar-refractivity contribution in [3.63, 3.8) is 0 Å². The number of likely N-dealkylation sites (tertiary alicyclic amines) is 1. The lowest BCUT2D eigenvalue weighted by molar-refractivity contribution is -0.188. The first-order valence-electron chi connectivity index (χ1n) is 4.34. The van der Waals surface area contributed by atoms with Crippen LogP contribution in [0.4, 0.5) is 13.2 Å². The van der Waals surface area contributed by atoms with Gasteiger partial charge in [-0.05, 0) is 0 Å². The van der Waals surface area contributed by atoms with Gasteiger partial charge in [-0.15, -0.1) is 0 Å². The maximum absolute atomic E-state index is 12.1. The number of nitrogens with zero attached hydrogens (tertiary/aromatic N) is 1. The summed E-state index contributed by atoms with van der Waals surface area (Å²) in [5, 5.41) is 27.2. The molecule has 1 amide bonds. The molecule has 1 aliphatic heterocycles. The molecular weight excluding hydrogens is 230 g/mol. The fourth-order valence-electron chi connectivity index (χ4n) is 1.61. The van der Waals surface area contributed by atoms with Gasteiger partial charge in [-0.3, -0.25) is 4.79 Å².